The molecule has 0 spiro atoms. The third-order valence-electron chi connectivity index (χ3n) is 5.00. The SMILES string of the molecule is CCCc1nc2ccc(NC(=O)/C=C/c3ccc(C(F)(F)F)cc3)cc2c(N)c1C(=O)OCC. The highest BCUT2D eigenvalue weighted by atomic mass is 19.4. The lowest BCUT2D eigenvalue weighted by molar-refractivity contribution is -0.137. The fraction of sp³-hybridized carbons (Fsp3) is 0.240. The third kappa shape index (κ3) is 5.72. The van der Waals surface area contributed by atoms with Gasteiger partial charge >= 0.3 is 12.1 Å². The van der Waals surface area contributed by atoms with Crippen molar-refractivity contribution in [2.75, 3.05) is 17.7 Å². The van der Waals surface area contributed by atoms with Gasteiger partial charge in [0.2, 0.25) is 5.91 Å². The number of nitrogens with two attached hydrogens (primary N) is 1. The number of benzene rings is 2. The lowest BCUT2D eigenvalue weighted by atomic mass is 10.0. The summed E-state index contributed by atoms with van der Waals surface area (Å²) in [5.41, 5.74) is 7.99. The molecule has 1 aromatic heterocycles. The molecule has 2 aromatic carbocycles. The van der Waals surface area contributed by atoms with E-state index in [-0.39, 0.29) is 17.9 Å². The van der Waals surface area contributed by atoms with Crippen molar-refractivity contribution in [1.29, 1.82) is 0 Å². The number of carbonyl (C=O) groups excluding carboxylic acids is 2. The van der Waals surface area contributed by atoms with Crippen LogP contribution in [0.15, 0.2) is 48.5 Å². The minimum absolute atomic E-state index is 0.198. The molecule has 0 aliphatic carbocycles. The number of fused-ring (bicyclic) bond motifs is 1. The Balaban J connectivity index is 1.84. The predicted molar refractivity (Wildman–Crippen MR) is 125 cm³/mol. The number of halogens is 3. The Bertz CT molecular complexity index is 1240. The molecule has 0 saturated carbocycles. The lowest BCUT2D eigenvalue weighted by Gasteiger charge is -2.14. The first-order chi connectivity index (χ1) is 16.1. The maximum absolute atomic E-state index is 12.7. The molecule has 0 atom stereocenters. The highest BCUT2D eigenvalue weighted by Crippen LogP contribution is 2.30. The predicted octanol–water partition coefficient (Wildman–Crippen LogP) is 5.62. The summed E-state index contributed by atoms with van der Waals surface area (Å²) in [6.45, 7) is 3.87. The van der Waals surface area contributed by atoms with E-state index in [2.05, 4.69) is 10.3 Å². The van der Waals surface area contributed by atoms with E-state index in [0.29, 0.717) is 34.3 Å². The van der Waals surface area contributed by atoms with Crippen LogP contribution >= 0.6 is 0 Å². The first-order valence-electron chi connectivity index (χ1n) is 10.7. The normalized spacial score (nSPS) is 11.7. The van der Waals surface area contributed by atoms with Crippen molar-refractivity contribution in [2.45, 2.75) is 32.9 Å². The summed E-state index contributed by atoms with van der Waals surface area (Å²) in [6, 6.07) is 9.40. The smallest absolute Gasteiger partial charge is 0.416 e. The number of hydrogen-bond acceptors (Lipinski definition) is 5. The first-order valence-corrected chi connectivity index (χ1v) is 10.7. The largest absolute Gasteiger partial charge is 0.462 e. The van der Waals surface area contributed by atoms with Crippen molar-refractivity contribution < 1.29 is 27.5 Å². The fourth-order valence-electron chi connectivity index (χ4n) is 3.41. The van der Waals surface area contributed by atoms with Crippen molar-refractivity contribution >= 4 is 40.2 Å². The third-order valence-corrected chi connectivity index (χ3v) is 5.00. The van der Waals surface area contributed by atoms with Crippen LogP contribution in [0.4, 0.5) is 24.5 Å². The van der Waals surface area contributed by atoms with Crippen LogP contribution in [0.25, 0.3) is 17.0 Å². The van der Waals surface area contributed by atoms with Gasteiger partial charge in [-0.1, -0.05) is 25.5 Å². The quantitative estimate of drug-likeness (QED) is 0.345. The van der Waals surface area contributed by atoms with E-state index < -0.39 is 23.6 Å². The van der Waals surface area contributed by atoms with Crippen molar-refractivity contribution in [2.24, 2.45) is 0 Å². The minimum Gasteiger partial charge on any atom is -0.462 e. The number of nitrogens with one attached hydrogen (secondary N) is 1. The van der Waals surface area contributed by atoms with Crippen LogP contribution in [0.5, 0.6) is 0 Å². The first kappa shape index (κ1) is 24.8. The van der Waals surface area contributed by atoms with Gasteiger partial charge in [0.25, 0.3) is 0 Å². The van der Waals surface area contributed by atoms with Gasteiger partial charge in [-0.15, -0.1) is 0 Å². The topological polar surface area (TPSA) is 94.3 Å². The number of aromatic nitrogens is 1. The molecule has 0 saturated heterocycles. The van der Waals surface area contributed by atoms with Crippen LogP contribution in [0, 0.1) is 0 Å². The molecule has 1 amide bonds. The number of hydrogen-bond donors (Lipinski definition) is 2. The van der Waals surface area contributed by atoms with Crippen molar-refractivity contribution in [3.8, 4) is 0 Å². The van der Waals surface area contributed by atoms with E-state index >= 15 is 0 Å². The van der Waals surface area contributed by atoms with Gasteiger partial charge in [0.1, 0.15) is 5.56 Å². The zero-order chi connectivity index (χ0) is 24.9. The second-order valence-corrected chi connectivity index (χ2v) is 7.49. The summed E-state index contributed by atoms with van der Waals surface area (Å²) in [5.74, 6) is -1.04. The molecule has 178 valence electrons. The van der Waals surface area contributed by atoms with Crippen molar-refractivity contribution in [3.63, 3.8) is 0 Å². The molecule has 3 rings (SSSR count). The monoisotopic (exact) mass is 471 g/mol. The zero-order valence-electron chi connectivity index (χ0n) is 18.7. The van der Waals surface area contributed by atoms with Crippen LogP contribution in [0.1, 0.15) is 47.4 Å². The number of amides is 1. The maximum Gasteiger partial charge on any atom is 0.416 e. The summed E-state index contributed by atoms with van der Waals surface area (Å²) < 4.78 is 43.1. The number of nitrogen functional groups attached to an aromatic ring is 1. The van der Waals surface area contributed by atoms with E-state index in [1.165, 1.54) is 24.3 Å². The average molecular weight is 471 g/mol. The molecule has 3 aromatic rings. The Labute approximate surface area is 194 Å². The standard InChI is InChI=1S/C25H24F3N3O3/c1-3-5-20-22(24(33)34-4-2)23(29)18-14-17(11-12-19(18)31-20)30-21(32)13-8-15-6-9-16(10-7-15)25(26,27)28/h6-14H,3-5H2,1-2H3,(H2,29,31)(H,30,32)/b13-8+. The molecule has 0 aliphatic heterocycles. The van der Waals surface area contributed by atoms with Gasteiger partial charge < -0.3 is 15.8 Å². The van der Waals surface area contributed by atoms with Gasteiger partial charge in [-0.25, -0.2) is 4.79 Å². The van der Waals surface area contributed by atoms with Crippen LogP contribution in [-0.4, -0.2) is 23.5 Å². The zero-order valence-corrected chi connectivity index (χ0v) is 18.7. The number of nitrogens with zero attached hydrogens (tertiary/aromatic N) is 1. The van der Waals surface area contributed by atoms with Crippen molar-refractivity contribution in [1.82, 2.24) is 4.98 Å². The number of aryl methyl sites for hydroxylation is 1. The van der Waals surface area contributed by atoms with Gasteiger partial charge in [0.15, 0.2) is 0 Å². The number of ether oxygens (including phenoxy) is 1. The Hall–Kier alpha value is -3.88. The molecule has 1 heterocycles. The maximum atomic E-state index is 12.7. The van der Waals surface area contributed by atoms with Crippen molar-refractivity contribution in [3.05, 3.63) is 70.9 Å². The van der Waals surface area contributed by atoms with E-state index in [4.69, 9.17) is 10.5 Å². The molecule has 34 heavy (non-hydrogen) atoms. The summed E-state index contributed by atoms with van der Waals surface area (Å²) in [5, 5.41) is 3.17. The van der Waals surface area contributed by atoms with Crippen LogP contribution in [0.2, 0.25) is 0 Å². The average Bonchev–Trinajstić information content (AvgIpc) is 2.78. The molecular formula is C25H24F3N3O3. The molecule has 0 radical (unpaired) electrons. The van der Waals surface area contributed by atoms with E-state index in [9.17, 15) is 22.8 Å². The number of alkyl halides is 3. The molecule has 9 heteroatoms. The summed E-state index contributed by atoms with van der Waals surface area (Å²) in [4.78, 5) is 29.4. The summed E-state index contributed by atoms with van der Waals surface area (Å²) >= 11 is 0. The van der Waals surface area contributed by atoms with Crippen LogP contribution in [-0.2, 0) is 22.1 Å². The van der Waals surface area contributed by atoms with Gasteiger partial charge in [-0.05, 0) is 55.3 Å². The van der Waals surface area contributed by atoms with Gasteiger partial charge in [-0.2, -0.15) is 13.2 Å². The highest BCUT2D eigenvalue weighted by molar-refractivity contribution is 6.07. The second-order valence-electron chi connectivity index (χ2n) is 7.49. The number of carbonyl (C=O) groups is 2. The van der Waals surface area contributed by atoms with Crippen LogP contribution < -0.4 is 11.1 Å². The van der Waals surface area contributed by atoms with E-state index in [0.717, 1.165) is 18.6 Å². The van der Waals surface area contributed by atoms with Gasteiger partial charge in [0.05, 0.1) is 29.1 Å². The van der Waals surface area contributed by atoms with E-state index in [1.807, 2.05) is 6.92 Å². The fourth-order valence-corrected chi connectivity index (χ4v) is 3.41. The second kappa shape index (κ2) is 10.4. The molecular weight excluding hydrogens is 447 g/mol. The molecule has 0 aliphatic rings. The Kier molecular flexibility index (Phi) is 7.55. The van der Waals surface area contributed by atoms with Crippen LogP contribution in [0.3, 0.4) is 0 Å². The number of rotatable bonds is 7. The highest BCUT2D eigenvalue weighted by Gasteiger charge is 2.29. The molecule has 0 bridgehead atoms. The summed E-state index contributed by atoms with van der Waals surface area (Å²) in [6.07, 6.45) is -0.479. The molecule has 0 fully saturated rings. The summed E-state index contributed by atoms with van der Waals surface area (Å²) in [7, 11) is 0. The van der Waals surface area contributed by atoms with Gasteiger partial charge in [0, 0.05) is 17.1 Å². The molecule has 0 unspecified atom stereocenters. The molecule has 3 N–H and O–H groups in total. The number of esters is 1. The number of anilines is 2. The minimum atomic E-state index is -4.42. The lowest BCUT2D eigenvalue weighted by Crippen LogP contribution is -2.14. The van der Waals surface area contributed by atoms with E-state index in [1.54, 1.807) is 25.1 Å². The van der Waals surface area contributed by atoms with Gasteiger partial charge in [-0.3, -0.25) is 9.78 Å². The Morgan fingerprint density at radius 3 is 2.44 bits per heavy atom. The number of pyridine rings is 1. The Morgan fingerprint density at radius 2 is 1.82 bits per heavy atom. The Morgan fingerprint density at radius 1 is 1.12 bits per heavy atom. The molecule has 6 nitrogen and oxygen atoms in total.